The molecule has 2 aliphatic rings. The van der Waals surface area contributed by atoms with E-state index in [0.717, 1.165) is 75.8 Å². The summed E-state index contributed by atoms with van der Waals surface area (Å²) in [6.07, 6.45) is 6.62. The van der Waals surface area contributed by atoms with Gasteiger partial charge in [0.1, 0.15) is 0 Å². The van der Waals surface area contributed by atoms with Gasteiger partial charge in [0.25, 0.3) is 0 Å². The van der Waals surface area contributed by atoms with Crippen molar-refractivity contribution in [2.45, 2.75) is 65.5 Å². The van der Waals surface area contributed by atoms with Crippen molar-refractivity contribution < 1.29 is 19.3 Å². The average molecular weight is 523 g/mol. The van der Waals surface area contributed by atoms with Gasteiger partial charge in [-0.2, -0.15) is 0 Å². The Morgan fingerprint density at radius 3 is 1.55 bits per heavy atom. The van der Waals surface area contributed by atoms with E-state index in [1.54, 1.807) is 14.1 Å². The van der Waals surface area contributed by atoms with Gasteiger partial charge in [0.15, 0.2) is 0 Å². The summed E-state index contributed by atoms with van der Waals surface area (Å²) < 4.78 is 0. The molecular weight excluding hydrogens is 480 g/mol. The number of aryl methyl sites for hydroxylation is 2. The second-order valence-electron chi connectivity index (χ2n) is 10.4. The molecular formula is C30H42N4O4. The van der Waals surface area contributed by atoms with Gasteiger partial charge in [-0.1, -0.05) is 38.1 Å². The number of carbonyl (C=O) groups excluding carboxylic acids is 2. The molecule has 2 aromatic carbocycles. The summed E-state index contributed by atoms with van der Waals surface area (Å²) in [6.45, 7) is 9.49. The van der Waals surface area contributed by atoms with Gasteiger partial charge in [0, 0.05) is 51.6 Å². The zero-order chi connectivity index (χ0) is 27.1. The van der Waals surface area contributed by atoms with E-state index in [-0.39, 0.29) is 0 Å². The number of fused-ring (bicyclic) bond motifs is 2. The molecule has 0 aromatic heterocycles. The van der Waals surface area contributed by atoms with Crippen molar-refractivity contribution in [2.75, 3.05) is 50.1 Å². The first kappa shape index (κ1) is 27.9. The highest BCUT2D eigenvalue weighted by Gasteiger charge is 2.24. The Labute approximate surface area is 227 Å². The number of hydrogen-bond acceptors (Lipinski definition) is 8. The maximum Gasteiger partial charge on any atom is 0.438 e. The number of anilines is 2. The van der Waals surface area contributed by atoms with Crippen LogP contribution < -0.4 is 9.80 Å². The van der Waals surface area contributed by atoms with Crippen molar-refractivity contribution in [3.63, 3.8) is 0 Å². The topological polar surface area (TPSA) is 65.6 Å². The third-order valence-electron chi connectivity index (χ3n) is 7.16. The predicted molar refractivity (Wildman–Crippen MR) is 150 cm³/mol. The van der Waals surface area contributed by atoms with Crippen LogP contribution in [0.15, 0.2) is 36.4 Å². The van der Waals surface area contributed by atoms with Gasteiger partial charge in [-0.25, -0.2) is 9.59 Å². The van der Waals surface area contributed by atoms with Crippen LogP contribution in [0.4, 0.5) is 11.4 Å². The lowest BCUT2D eigenvalue weighted by atomic mass is 9.99. The number of hydrogen-bond donors (Lipinski definition) is 0. The summed E-state index contributed by atoms with van der Waals surface area (Å²) in [5, 5.41) is 2.76. The summed E-state index contributed by atoms with van der Waals surface area (Å²) in [5.74, 6) is -2.07. The molecule has 0 bridgehead atoms. The fraction of sp³-hybridized carbons (Fsp3) is 0.533. The van der Waals surface area contributed by atoms with Crippen LogP contribution in [0.25, 0.3) is 0 Å². The Hall–Kier alpha value is -3.10. The van der Waals surface area contributed by atoms with Crippen molar-refractivity contribution in [2.24, 2.45) is 0 Å². The molecule has 0 saturated carbocycles. The van der Waals surface area contributed by atoms with E-state index in [0.29, 0.717) is 13.1 Å². The summed E-state index contributed by atoms with van der Waals surface area (Å²) in [4.78, 5) is 40.2. The average Bonchev–Trinajstić information content (AvgIpc) is 2.89. The van der Waals surface area contributed by atoms with Crippen LogP contribution in [0.2, 0.25) is 0 Å². The fourth-order valence-corrected chi connectivity index (χ4v) is 5.59. The molecule has 0 atom stereocenters. The maximum absolute atomic E-state index is 12.4. The van der Waals surface area contributed by atoms with E-state index < -0.39 is 11.9 Å². The lowest BCUT2D eigenvalue weighted by molar-refractivity contribution is -0.214. The number of benzene rings is 2. The van der Waals surface area contributed by atoms with Gasteiger partial charge in [0.2, 0.25) is 0 Å². The first-order valence-corrected chi connectivity index (χ1v) is 14.0. The van der Waals surface area contributed by atoms with Crippen LogP contribution in [0.1, 0.15) is 61.8 Å². The zero-order valence-electron chi connectivity index (χ0n) is 23.4. The number of carbonyl (C=O) groups is 2. The molecule has 38 heavy (non-hydrogen) atoms. The van der Waals surface area contributed by atoms with E-state index >= 15 is 0 Å². The molecule has 2 aromatic rings. The first-order chi connectivity index (χ1) is 18.4. The van der Waals surface area contributed by atoms with E-state index in [1.165, 1.54) is 32.6 Å². The molecule has 2 heterocycles. The van der Waals surface area contributed by atoms with Crippen LogP contribution in [-0.4, -0.2) is 62.3 Å². The van der Waals surface area contributed by atoms with Gasteiger partial charge in [-0.15, -0.1) is 10.1 Å². The van der Waals surface area contributed by atoms with Gasteiger partial charge >= 0.3 is 11.9 Å². The number of hydroxylamine groups is 4. The van der Waals surface area contributed by atoms with Crippen LogP contribution in [0.3, 0.4) is 0 Å². The molecule has 8 heteroatoms. The Kier molecular flexibility index (Phi) is 9.63. The van der Waals surface area contributed by atoms with Crippen molar-refractivity contribution in [1.29, 1.82) is 0 Å². The molecule has 206 valence electrons. The molecule has 0 radical (unpaired) electrons. The minimum atomic E-state index is -1.04. The maximum atomic E-state index is 12.4. The summed E-state index contributed by atoms with van der Waals surface area (Å²) >= 11 is 0. The minimum absolute atomic E-state index is 0.389. The molecule has 0 spiro atoms. The lowest BCUT2D eigenvalue weighted by Gasteiger charge is -2.31. The standard InChI is InChI=1S/C30H42N4O4/c1-5-15-33-17-7-9-25-19-23(11-13-27(25)33)21-31(3)37-29(35)30(36)38-32(4)22-24-12-14-28-26(20-24)10-8-18-34(28)16-6-2/h11-14,19-20H,5-10,15-18,21-22H2,1-4H3. The second kappa shape index (κ2) is 13.1. The summed E-state index contributed by atoms with van der Waals surface area (Å²) in [7, 11) is 3.29. The minimum Gasteiger partial charge on any atom is -0.371 e. The summed E-state index contributed by atoms with van der Waals surface area (Å²) in [6, 6.07) is 12.8. The summed E-state index contributed by atoms with van der Waals surface area (Å²) in [5.41, 5.74) is 7.31. The first-order valence-electron chi connectivity index (χ1n) is 14.0. The van der Waals surface area contributed by atoms with Crippen LogP contribution in [0, 0.1) is 0 Å². The highest BCUT2D eigenvalue weighted by molar-refractivity contribution is 6.29. The molecule has 8 nitrogen and oxygen atoms in total. The van der Waals surface area contributed by atoms with Gasteiger partial charge in [0.05, 0.1) is 13.1 Å². The molecule has 0 saturated heterocycles. The SMILES string of the molecule is CCCN1CCCc2cc(CN(C)OC(=O)C(=O)ON(C)Cc3ccc4c(c3)CCCN4CCC)ccc21. The predicted octanol–water partition coefficient (Wildman–Crippen LogP) is 4.49. The van der Waals surface area contributed by atoms with Gasteiger partial charge in [-0.3, -0.25) is 0 Å². The van der Waals surface area contributed by atoms with Crippen LogP contribution >= 0.6 is 0 Å². The number of nitrogens with zero attached hydrogens (tertiary/aromatic N) is 4. The lowest BCUT2D eigenvalue weighted by Crippen LogP contribution is -2.33. The van der Waals surface area contributed by atoms with Crippen molar-refractivity contribution >= 4 is 23.3 Å². The van der Waals surface area contributed by atoms with Crippen molar-refractivity contribution in [3.05, 3.63) is 58.7 Å². The largest absolute Gasteiger partial charge is 0.438 e. The molecule has 2 aliphatic heterocycles. The highest BCUT2D eigenvalue weighted by Crippen LogP contribution is 2.29. The van der Waals surface area contributed by atoms with E-state index in [2.05, 4.69) is 60.0 Å². The van der Waals surface area contributed by atoms with Crippen molar-refractivity contribution in [3.8, 4) is 0 Å². The molecule has 4 rings (SSSR count). The third kappa shape index (κ3) is 7.05. The normalized spacial score (nSPS) is 14.9. The highest BCUT2D eigenvalue weighted by atomic mass is 16.8. The second-order valence-corrected chi connectivity index (χ2v) is 10.4. The van der Waals surface area contributed by atoms with Crippen LogP contribution in [0.5, 0.6) is 0 Å². The molecule has 0 fully saturated rings. The molecule has 0 N–H and O–H groups in total. The Morgan fingerprint density at radius 1 is 0.737 bits per heavy atom. The Morgan fingerprint density at radius 2 is 1.16 bits per heavy atom. The Bertz CT molecular complexity index is 1030. The van der Waals surface area contributed by atoms with E-state index in [9.17, 15) is 9.59 Å². The molecule has 0 aliphatic carbocycles. The van der Waals surface area contributed by atoms with Gasteiger partial charge < -0.3 is 19.5 Å². The molecule has 0 amide bonds. The van der Waals surface area contributed by atoms with Crippen molar-refractivity contribution in [1.82, 2.24) is 10.1 Å². The fourth-order valence-electron chi connectivity index (χ4n) is 5.59. The quantitative estimate of drug-likeness (QED) is 0.334. The Balaban J connectivity index is 1.26. The monoisotopic (exact) mass is 522 g/mol. The van der Waals surface area contributed by atoms with E-state index in [1.807, 2.05) is 0 Å². The van der Waals surface area contributed by atoms with Gasteiger partial charge in [-0.05, 0) is 72.9 Å². The van der Waals surface area contributed by atoms with Crippen LogP contribution in [-0.2, 0) is 45.2 Å². The molecule has 0 unspecified atom stereocenters. The third-order valence-corrected chi connectivity index (χ3v) is 7.16. The number of rotatable bonds is 10. The van der Waals surface area contributed by atoms with E-state index in [4.69, 9.17) is 9.68 Å². The smallest absolute Gasteiger partial charge is 0.371 e. The zero-order valence-corrected chi connectivity index (χ0v) is 23.4.